The van der Waals surface area contributed by atoms with Crippen molar-refractivity contribution in [3.8, 4) is 5.75 Å². The number of hydrogen-bond donors (Lipinski definition) is 2. The summed E-state index contributed by atoms with van der Waals surface area (Å²) in [6, 6.07) is 13.1. The normalized spacial score (nSPS) is 10.2. The number of amides is 2. The molecule has 0 heterocycles. The van der Waals surface area contributed by atoms with E-state index < -0.39 is 0 Å². The van der Waals surface area contributed by atoms with Crippen molar-refractivity contribution in [2.45, 2.75) is 20.4 Å². The molecule has 23 heavy (non-hydrogen) atoms. The average Bonchev–Trinajstić information content (AvgIpc) is 2.55. The van der Waals surface area contributed by atoms with E-state index in [9.17, 15) is 4.79 Å². The Morgan fingerprint density at radius 3 is 2.57 bits per heavy atom. The van der Waals surface area contributed by atoms with E-state index in [1.165, 1.54) is 5.56 Å². The minimum Gasteiger partial charge on any atom is -0.491 e. The predicted octanol–water partition coefficient (Wildman–Crippen LogP) is 3.84. The van der Waals surface area contributed by atoms with Gasteiger partial charge >= 0.3 is 6.03 Å². The molecule has 122 valence electrons. The Balaban J connectivity index is 1.67. The second kappa shape index (κ2) is 8.44. The van der Waals surface area contributed by atoms with Crippen molar-refractivity contribution in [2.75, 3.05) is 13.2 Å². The van der Waals surface area contributed by atoms with E-state index in [1.807, 2.05) is 44.2 Å². The fraction of sp³-hybridized carbons (Fsp3) is 0.278. The summed E-state index contributed by atoms with van der Waals surface area (Å²) in [5.74, 6) is 0.855. The van der Waals surface area contributed by atoms with Crippen LogP contribution >= 0.6 is 11.6 Å². The number of urea groups is 1. The van der Waals surface area contributed by atoms with Crippen LogP contribution in [0.1, 0.15) is 16.7 Å². The van der Waals surface area contributed by atoms with Crippen molar-refractivity contribution in [1.82, 2.24) is 10.6 Å². The van der Waals surface area contributed by atoms with E-state index in [0.29, 0.717) is 24.7 Å². The first-order valence-electron chi connectivity index (χ1n) is 7.51. The van der Waals surface area contributed by atoms with E-state index in [2.05, 4.69) is 10.6 Å². The summed E-state index contributed by atoms with van der Waals surface area (Å²) in [5.41, 5.74) is 3.31. The van der Waals surface area contributed by atoms with Crippen molar-refractivity contribution < 1.29 is 9.53 Å². The summed E-state index contributed by atoms with van der Waals surface area (Å²) in [5, 5.41) is 6.24. The average molecular weight is 333 g/mol. The molecule has 2 aromatic rings. The number of benzene rings is 2. The molecule has 2 N–H and O–H groups in total. The Kier molecular flexibility index (Phi) is 6.29. The monoisotopic (exact) mass is 332 g/mol. The molecule has 0 saturated heterocycles. The van der Waals surface area contributed by atoms with Crippen LogP contribution in [-0.2, 0) is 6.54 Å². The van der Waals surface area contributed by atoms with Crippen LogP contribution in [0.15, 0.2) is 42.5 Å². The number of rotatable bonds is 6. The van der Waals surface area contributed by atoms with Crippen molar-refractivity contribution in [2.24, 2.45) is 0 Å². The van der Waals surface area contributed by atoms with E-state index in [-0.39, 0.29) is 6.03 Å². The summed E-state index contributed by atoms with van der Waals surface area (Å²) in [6.07, 6.45) is 0. The van der Waals surface area contributed by atoms with Gasteiger partial charge in [-0.15, -0.1) is 0 Å². The highest BCUT2D eigenvalue weighted by molar-refractivity contribution is 6.30. The molecule has 2 rings (SSSR count). The van der Waals surface area contributed by atoms with E-state index in [4.69, 9.17) is 16.3 Å². The summed E-state index contributed by atoms with van der Waals surface area (Å²) in [4.78, 5) is 11.7. The fourth-order valence-corrected chi connectivity index (χ4v) is 2.18. The SMILES string of the molecule is Cc1cccc(OCCNC(=O)NCc2ccc(Cl)cc2)c1C. The third-order valence-corrected chi connectivity index (χ3v) is 3.82. The zero-order chi connectivity index (χ0) is 16.7. The Labute approximate surface area is 141 Å². The molecule has 0 aromatic heterocycles. The van der Waals surface area contributed by atoms with Crippen LogP contribution < -0.4 is 15.4 Å². The first-order chi connectivity index (χ1) is 11.1. The first kappa shape index (κ1) is 17.2. The van der Waals surface area contributed by atoms with Gasteiger partial charge in [0.15, 0.2) is 0 Å². The number of nitrogens with one attached hydrogen (secondary N) is 2. The molecule has 2 aromatic carbocycles. The number of hydrogen-bond acceptors (Lipinski definition) is 2. The van der Waals surface area contributed by atoms with Gasteiger partial charge in [-0.2, -0.15) is 0 Å². The van der Waals surface area contributed by atoms with Gasteiger partial charge in [0, 0.05) is 11.6 Å². The quantitative estimate of drug-likeness (QED) is 0.790. The Morgan fingerprint density at radius 2 is 1.83 bits per heavy atom. The van der Waals surface area contributed by atoms with Gasteiger partial charge in [0.25, 0.3) is 0 Å². The van der Waals surface area contributed by atoms with Gasteiger partial charge in [-0.05, 0) is 48.7 Å². The van der Waals surface area contributed by atoms with Crippen LogP contribution in [0.3, 0.4) is 0 Å². The zero-order valence-electron chi connectivity index (χ0n) is 13.4. The number of carbonyl (C=O) groups is 1. The highest BCUT2D eigenvalue weighted by atomic mass is 35.5. The Bertz CT molecular complexity index is 657. The summed E-state index contributed by atoms with van der Waals surface area (Å²) in [7, 11) is 0. The molecule has 0 radical (unpaired) electrons. The van der Waals surface area contributed by atoms with Crippen LogP contribution in [-0.4, -0.2) is 19.2 Å². The molecule has 4 nitrogen and oxygen atoms in total. The smallest absolute Gasteiger partial charge is 0.315 e. The Hall–Kier alpha value is -2.20. The van der Waals surface area contributed by atoms with Gasteiger partial charge in [0.1, 0.15) is 12.4 Å². The molecule has 0 aliphatic carbocycles. The lowest BCUT2D eigenvalue weighted by atomic mass is 10.1. The number of carbonyl (C=O) groups excluding carboxylic acids is 1. The molecular formula is C18H21ClN2O2. The summed E-state index contributed by atoms with van der Waals surface area (Å²) in [6.45, 7) is 5.40. The molecule has 0 fully saturated rings. The minimum atomic E-state index is -0.218. The van der Waals surface area contributed by atoms with Gasteiger partial charge in [0.05, 0.1) is 6.54 Å². The van der Waals surface area contributed by atoms with Crippen LogP contribution in [0, 0.1) is 13.8 Å². The van der Waals surface area contributed by atoms with Crippen molar-refractivity contribution in [3.63, 3.8) is 0 Å². The molecule has 0 atom stereocenters. The van der Waals surface area contributed by atoms with E-state index in [0.717, 1.165) is 16.9 Å². The molecule has 2 amide bonds. The molecule has 0 aliphatic heterocycles. The standard InChI is InChI=1S/C18H21ClN2O2/c1-13-4-3-5-17(14(13)2)23-11-10-20-18(22)21-12-15-6-8-16(19)9-7-15/h3-9H,10-12H2,1-2H3,(H2,20,21,22). The number of halogens is 1. The first-order valence-corrected chi connectivity index (χ1v) is 7.89. The number of aryl methyl sites for hydroxylation is 1. The lowest BCUT2D eigenvalue weighted by Crippen LogP contribution is -2.37. The van der Waals surface area contributed by atoms with E-state index in [1.54, 1.807) is 12.1 Å². The summed E-state index contributed by atoms with van der Waals surface area (Å²) >= 11 is 5.82. The van der Waals surface area contributed by atoms with E-state index >= 15 is 0 Å². The highest BCUT2D eigenvalue weighted by Crippen LogP contribution is 2.20. The van der Waals surface area contributed by atoms with Gasteiger partial charge in [-0.25, -0.2) is 4.79 Å². The Morgan fingerprint density at radius 1 is 1.09 bits per heavy atom. The lowest BCUT2D eigenvalue weighted by Gasteiger charge is -2.12. The maximum atomic E-state index is 11.7. The summed E-state index contributed by atoms with van der Waals surface area (Å²) < 4.78 is 5.69. The fourth-order valence-electron chi connectivity index (χ4n) is 2.05. The zero-order valence-corrected chi connectivity index (χ0v) is 14.1. The van der Waals surface area contributed by atoms with Gasteiger partial charge in [0.2, 0.25) is 0 Å². The molecule has 0 bridgehead atoms. The number of ether oxygens (including phenoxy) is 1. The van der Waals surface area contributed by atoms with Gasteiger partial charge in [-0.1, -0.05) is 35.9 Å². The van der Waals surface area contributed by atoms with Crippen LogP contribution in [0.25, 0.3) is 0 Å². The van der Waals surface area contributed by atoms with Crippen molar-refractivity contribution in [3.05, 3.63) is 64.2 Å². The van der Waals surface area contributed by atoms with Gasteiger partial charge in [-0.3, -0.25) is 0 Å². The third kappa shape index (κ3) is 5.49. The second-order valence-corrected chi connectivity index (χ2v) is 5.72. The van der Waals surface area contributed by atoms with Gasteiger partial charge < -0.3 is 15.4 Å². The minimum absolute atomic E-state index is 0.218. The molecule has 0 saturated carbocycles. The topological polar surface area (TPSA) is 50.4 Å². The van der Waals surface area contributed by atoms with Crippen molar-refractivity contribution >= 4 is 17.6 Å². The van der Waals surface area contributed by atoms with Crippen LogP contribution in [0.5, 0.6) is 5.75 Å². The third-order valence-electron chi connectivity index (χ3n) is 3.57. The lowest BCUT2D eigenvalue weighted by molar-refractivity contribution is 0.236. The van der Waals surface area contributed by atoms with Crippen LogP contribution in [0.4, 0.5) is 4.79 Å². The second-order valence-electron chi connectivity index (χ2n) is 5.28. The maximum Gasteiger partial charge on any atom is 0.315 e. The molecule has 0 unspecified atom stereocenters. The van der Waals surface area contributed by atoms with Crippen molar-refractivity contribution in [1.29, 1.82) is 0 Å². The molecule has 0 spiro atoms. The molecule has 5 heteroatoms. The molecular weight excluding hydrogens is 312 g/mol. The predicted molar refractivity (Wildman–Crippen MR) is 93.1 cm³/mol. The van der Waals surface area contributed by atoms with Crippen LogP contribution in [0.2, 0.25) is 5.02 Å². The highest BCUT2D eigenvalue weighted by Gasteiger charge is 2.03. The maximum absolute atomic E-state index is 11.7. The molecule has 0 aliphatic rings. The largest absolute Gasteiger partial charge is 0.491 e.